The molecule has 0 aromatic carbocycles. The van der Waals surface area contributed by atoms with Crippen LogP contribution in [0.15, 0.2) is 15.2 Å². The predicted molar refractivity (Wildman–Crippen MR) is 72.6 cm³/mol. The zero-order valence-electron chi connectivity index (χ0n) is 9.55. The smallest absolute Gasteiger partial charge is 0.0701 e. The lowest BCUT2D eigenvalue weighted by molar-refractivity contribution is 0.506. The molecule has 0 aliphatic carbocycles. The summed E-state index contributed by atoms with van der Waals surface area (Å²) in [5, 5.41) is 5.64. The van der Waals surface area contributed by atoms with Crippen LogP contribution in [-0.4, -0.2) is 7.05 Å². The van der Waals surface area contributed by atoms with E-state index in [1.54, 1.807) is 11.3 Å². The maximum absolute atomic E-state index is 3.51. The van der Waals surface area contributed by atoms with Gasteiger partial charge >= 0.3 is 0 Å². The fourth-order valence-corrected chi connectivity index (χ4v) is 2.99. The minimum Gasteiger partial charge on any atom is -0.313 e. The van der Waals surface area contributed by atoms with E-state index in [9.17, 15) is 0 Å². The lowest BCUT2D eigenvalue weighted by Crippen LogP contribution is -2.15. The normalized spacial score (nSPS) is 13.0. The number of hydrogen-bond donors (Lipinski definition) is 1. The Hall–Kier alpha value is 0.140. The highest BCUT2D eigenvalue weighted by Gasteiger charge is 2.10. The van der Waals surface area contributed by atoms with E-state index in [2.05, 4.69) is 46.7 Å². The molecule has 1 heterocycles. The zero-order valence-corrected chi connectivity index (χ0v) is 12.0. The van der Waals surface area contributed by atoms with Gasteiger partial charge in [-0.2, -0.15) is 0 Å². The monoisotopic (exact) mass is 289 g/mol. The van der Waals surface area contributed by atoms with E-state index in [-0.39, 0.29) is 0 Å². The third-order valence-electron chi connectivity index (χ3n) is 2.68. The predicted octanol–water partition coefficient (Wildman–Crippen LogP) is 4.74. The summed E-state index contributed by atoms with van der Waals surface area (Å²) in [6.45, 7) is 2.26. The lowest BCUT2D eigenvalue weighted by atomic mass is 10.0. The topological polar surface area (TPSA) is 12.0 Å². The number of nitrogens with one attached hydrogen (secondary N) is 1. The summed E-state index contributed by atoms with van der Waals surface area (Å²) in [4.78, 5) is 0. The summed E-state index contributed by atoms with van der Waals surface area (Å²) in [6.07, 6.45) is 6.62. The van der Waals surface area contributed by atoms with Crippen LogP contribution >= 0.6 is 27.3 Å². The van der Waals surface area contributed by atoms with Gasteiger partial charge in [0, 0.05) is 6.04 Å². The van der Waals surface area contributed by atoms with Gasteiger partial charge in [0.15, 0.2) is 0 Å². The molecular weight excluding hydrogens is 270 g/mol. The molecular formula is C12H20BrNS. The van der Waals surface area contributed by atoms with Gasteiger partial charge in [0.2, 0.25) is 0 Å². The van der Waals surface area contributed by atoms with Crippen LogP contribution in [0.5, 0.6) is 0 Å². The van der Waals surface area contributed by atoms with Crippen LogP contribution in [-0.2, 0) is 0 Å². The molecule has 86 valence electrons. The van der Waals surface area contributed by atoms with E-state index in [1.807, 2.05) is 0 Å². The van der Waals surface area contributed by atoms with Crippen molar-refractivity contribution >= 4 is 27.3 Å². The molecule has 0 spiro atoms. The van der Waals surface area contributed by atoms with E-state index in [0.29, 0.717) is 6.04 Å². The molecule has 15 heavy (non-hydrogen) atoms. The first kappa shape index (κ1) is 13.2. The summed E-state index contributed by atoms with van der Waals surface area (Å²) in [7, 11) is 2.05. The van der Waals surface area contributed by atoms with Gasteiger partial charge in [0.05, 0.1) is 3.79 Å². The number of unbranched alkanes of at least 4 members (excludes halogenated alkanes) is 3. The molecule has 1 aromatic heterocycles. The Morgan fingerprint density at radius 3 is 2.73 bits per heavy atom. The Labute approximate surface area is 105 Å². The summed E-state index contributed by atoms with van der Waals surface area (Å²) >= 11 is 5.28. The Bertz CT molecular complexity index is 272. The van der Waals surface area contributed by atoms with Gasteiger partial charge in [-0.3, -0.25) is 0 Å². The van der Waals surface area contributed by atoms with Gasteiger partial charge in [-0.1, -0.05) is 32.6 Å². The van der Waals surface area contributed by atoms with Crippen molar-refractivity contribution < 1.29 is 0 Å². The summed E-state index contributed by atoms with van der Waals surface area (Å²) in [5.41, 5.74) is 1.42. The van der Waals surface area contributed by atoms with Crippen molar-refractivity contribution in [2.45, 2.75) is 45.1 Å². The molecule has 0 fully saturated rings. The second kappa shape index (κ2) is 7.42. The van der Waals surface area contributed by atoms with Crippen LogP contribution in [0.1, 0.15) is 50.6 Å². The number of rotatable bonds is 7. The molecule has 1 unspecified atom stereocenters. The first-order valence-electron chi connectivity index (χ1n) is 5.69. The molecule has 0 saturated carbocycles. The molecule has 3 heteroatoms. The standard InChI is InChI=1S/C12H20BrNS/c1-3-4-5-6-7-11(14-2)10-8-12(13)15-9-10/h8-9,11,14H,3-7H2,1-2H3. The first-order chi connectivity index (χ1) is 7.27. The van der Waals surface area contributed by atoms with Gasteiger partial charge in [0.25, 0.3) is 0 Å². The average molecular weight is 290 g/mol. The van der Waals surface area contributed by atoms with Crippen molar-refractivity contribution in [3.8, 4) is 0 Å². The average Bonchev–Trinajstić information content (AvgIpc) is 2.65. The van der Waals surface area contributed by atoms with Crippen molar-refractivity contribution in [2.24, 2.45) is 0 Å². The van der Waals surface area contributed by atoms with Crippen LogP contribution < -0.4 is 5.32 Å². The second-order valence-corrected chi connectivity index (χ2v) is 6.17. The lowest BCUT2D eigenvalue weighted by Gasteiger charge is -2.14. The van der Waals surface area contributed by atoms with Crippen molar-refractivity contribution in [3.05, 3.63) is 20.8 Å². The Morgan fingerprint density at radius 1 is 1.40 bits per heavy atom. The Morgan fingerprint density at radius 2 is 2.20 bits per heavy atom. The minimum absolute atomic E-state index is 0.532. The number of thiophene rings is 1. The molecule has 0 radical (unpaired) electrons. The fourth-order valence-electron chi connectivity index (χ4n) is 1.76. The third kappa shape index (κ3) is 4.66. The summed E-state index contributed by atoms with van der Waals surface area (Å²) < 4.78 is 1.23. The van der Waals surface area contributed by atoms with Crippen molar-refractivity contribution in [2.75, 3.05) is 7.05 Å². The van der Waals surface area contributed by atoms with Crippen LogP contribution in [0.3, 0.4) is 0 Å². The van der Waals surface area contributed by atoms with Crippen molar-refractivity contribution in [1.82, 2.24) is 5.32 Å². The third-order valence-corrected chi connectivity index (χ3v) is 4.21. The van der Waals surface area contributed by atoms with E-state index < -0.39 is 0 Å². The molecule has 1 nitrogen and oxygen atoms in total. The SMILES string of the molecule is CCCCCCC(NC)c1csc(Br)c1. The fraction of sp³-hybridized carbons (Fsp3) is 0.667. The summed E-state index contributed by atoms with van der Waals surface area (Å²) in [6, 6.07) is 2.76. The zero-order chi connectivity index (χ0) is 11.1. The molecule has 1 atom stereocenters. The molecule has 0 aliphatic heterocycles. The molecule has 0 bridgehead atoms. The van der Waals surface area contributed by atoms with Gasteiger partial charge in [-0.25, -0.2) is 0 Å². The molecule has 0 saturated heterocycles. The molecule has 1 rings (SSSR count). The van der Waals surface area contributed by atoms with Gasteiger partial charge in [-0.15, -0.1) is 11.3 Å². The van der Waals surface area contributed by atoms with E-state index in [4.69, 9.17) is 0 Å². The van der Waals surface area contributed by atoms with E-state index in [1.165, 1.54) is 41.5 Å². The second-order valence-electron chi connectivity index (χ2n) is 3.87. The van der Waals surface area contributed by atoms with Crippen LogP contribution in [0.2, 0.25) is 0 Å². The highest BCUT2D eigenvalue weighted by atomic mass is 79.9. The number of halogens is 1. The number of hydrogen-bond acceptors (Lipinski definition) is 2. The van der Waals surface area contributed by atoms with Gasteiger partial charge in [0.1, 0.15) is 0 Å². The van der Waals surface area contributed by atoms with Crippen molar-refractivity contribution in [1.29, 1.82) is 0 Å². The molecule has 0 aliphatic rings. The van der Waals surface area contributed by atoms with E-state index >= 15 is 0 Å². The van der Waals surface area contributed by atoms with E-state index in [0.717, 1.165) is 0 Å². The van der Waals surface area contributed by atoms with Crippen molar-refractivity contribution in [3.63, 3.8) is 0 Å². The quantitative estimate of drug-likeness (QED) is 0.715. The minimum atomic E-state index is 0.532. The van der Waals surface area contributed by atoms with Crippen LogP contribution in [0.25, 0.3) is 0 Å². The Balaban J connectivity index is 2.35. The van der Waals surface area contributed by atoms with Gasteiger partial charge < -0.3 is 5.32 Å². The maximum atomic E-state index is 3.51. The maximum Gasteiger partial charge on any atom is 0.0701 e. The van der Waals surface area contributed by atoms with Crippen LogP contribution in [0, 0.1) is 0 Å². The molecule has 1 aromatic rings. The Kier molecular flexibility index (Phi) is 6.53. The highest BCUT2D eigenvalue weighted by Crippen LogP contribution is 2.27. The highest BCUT2D eigenvalue weighted by molar-refractivity contribution is 9.11. The molecule has 0 amide bonds. The van der Waals surface area contributed by atoms with Crippen LogP contribution in [0.4, 0.5) is 0 Å². The van der Waals surface area contributed by atoms with Gasteiger partial charge in [-0.05, 0) is 46.4 Å². The summed E-state index contributed by atoms with van der Waals surface area (Å²) in [5.74, 6) is 0. The largest absolute Gasteiger partial charge is 0.313 e. The first-order valence-corrected chi connectivity index (χ1v) is 7.36. The molecule has 1 N–H and O–H groups in total.